The van der Waals surface area contributed by atoms with E-state index in [1.54, 1.807) is 49.9 Å². The minimum atomic E-state index is -2.64. The number of carbonyl (C=O) groups is 2. The number of hydrogen-bond donors (Lipinski definition) is 2. The van der Waals surface area contributed by atoms with Gasteiger partial charge in [0.1, 0.15) is 5.82 Å². The maximum absolute atomic E-state index is 12.9. The summed E-state index contributed by atoms with van der Waals surface area (Å²) in [6, 6.07) is 17.3. The lowest BCUT2D eigenvalue weighted by Crippen LogP contribution is -2.35. The number of nitrogens with zero attached hydrogens (tertiary/aromatic N) is 1. The zero-order valence-electron chi connectivity index (χ0n) is 23.3. The highest BCUT2D eigenvalue weighted by Gasteiger charge is 2.30. The Morgan fingerprint density at radius 3 is 2.08 bits per heavy atom. The first-order chi connectivity index (χ1) is 18.2. The lowest BCUT2D eigenvalue weighted by atomic mass is 9.83. The fraction of sp³-hybridized carbons (Fsp3) is 0.367. The molecule has 0 atom stereocenters. The van der Waals surface area contributed by atoms with Crippen LogP contribution in [0.25, 0.3) is 0 Å². The first kappa shape index (κ1) is 32.8. The molecule has 2 aromatic carbocycles. The predicted molar refractivity (Wildman–Crippen MR) is 155 cm³/mol. The van der Waals surface area contributed by atoms with Crippen molar-refractivity contribution in [1.29, 1.82) is 0 Å². The summed E-state index contributed by atoms with van der Waals surface area (Å²) in [7, 11) is 0. The summed E-state index contributed by atoms with van der Waals surface area (Å²) in [5.41, 5.74) is 1.09. The second-order valence-corrected chi connectivity index (χ2v) is 9.57. The Morgan fingerprint density at radius 1 is 0.921 bits per heavy atom. The Hall–Kier alpha value is -3.26. The summed E-state index contributed by atoms with van der Waals surface area (Å²) in [6.45, 7) is 13.6. The fourth-order valence-corrected chi connectivity index (χ4v) is 3.95. The number of alkyl halides is 2. The summed E-state index contributed by atoms with van der Waals surface area (Å²) in [5.74, 6) is 0.552. The van der Waals surface area contributed by atoms with Crippen molar-refractivity contribution in [2.45, 2.75) is 71.6 Å². The lowest BCUT2D eigenvalue weighted by Gasteiger charge is -2.24. The highest BCUT2D eigenvalue weighted by molar-refractivity contribution is 7.99. The van der Waals surface area contributed by atoms with E-state index in [0.717, 1.165) is 17.4 Å². The molecule has 0 bridgehead atoms. The van der Waals surface area contributed by atoms with Crippen LogP contribution >= 0.6 is 11.8 Å². The lowest BCUT2D eigenvalue weighted by molar-refractivity contribution is -0.120. The third-order valence-electron chi connectivity index (χ3n) is 5.33. The second kappa shape index (κ2) is 16.6. The molecule has 1 heterocycles. The van der Waals surface area contributed by atoms with Crippen LogP contribution in [0.2, 0.25) is 0 Å². The van der Waals surface area contributed by atoms with Crippen LogP contribution in [-0.4, -0.2) is 22.6 Å². The number of nitrogens with one attached hydrogen (secondary N) is 2. The third-order valence-corrected chi connectivity index (χ3v) is 6.23. The quantitative estimate of drug-likeness (QED) is 0.266. The Balaban J connectivity index is 0.00000172. The van der Waals surface area contributed by atoms with Crippen molar-refractivity contribution < 1.29 is 18.4 Å². The standard InChI is InChI=1S/C26H27F2N3O2S.2C2H6/c1-4-34-21-11-5-17(6-12-21)15-23(32)30-20-9-7-19(8-10-20)26(2,3)25(33)31-22-16-18(24(27)28)13-14-29-22;2*1-2/h5-14,16,24H,4,15H2,1-3H3,(H,30,32)(H,29,31,33);2*1-2H3. The number of anilines is 2. The van der Waals surface area contributed by atoms with E-state index in [2.05, 4.69) is 22.5 Å². The Kier molecular flexibility index (Phi) is 14.3. The first-order valence-electron chi connectivity index (χ1n) is 12.9. The molecule has 0 radical (unpaired) electrons. The molecule has 5 nitrogen and oxygen atoms in total. The van der Waals surface area contributed by atoms with E-state index in [4.69, 9.17) is 0 Å². The molecule has 0 fully saturated rings. The zero-order chi connectivity index (χ0) is 28.7. The van der Waals surface area contributed by atoms with Gasteiger partial charge in [0.25, 0.3) is 6.43 Å². The van der Waals surface area contributed by atoms with E-state index in [0.29, 0.717) is 11.3 Å². The number of thioether (sulfide) groups is 1. The van der Waals surface area contributed by atoms with E-state index < -0.39 is 11.8 Å². The summed E-state index contributed by atoms with van der Waals surface area (Å²) < 4.78 is 25.8. The van der Waals surface area contributed by atoms with E-state index in [9.17, 15) is 18.4 Å². The van der Waals surface area contributed by atoms with Crippen molar-refractivity contribution in [3.63, 3.8) is 0 Å². The summed E-state index contributed by atoms with van der Waals surface area (Å²) >= 11 is 1.75. The highest BCUT2D eigenvalue weighted by atomic mass is 32.2. The normalized spacial score (nSPS) is 10.5. The fourth-order valence-electron chi connectivity index (χ4n) is 3.29. The van der Waals surface area contributed by atoms with Gasteiger partial charge in [-0.3, -0.25) is 9.59 Å². The number of benzene rings is 2. The maximum atomic E-state index is 12.9. The van der Waals surface area contributed by atoms with Gasteiger partial charge in [0, 0.05) is 22.3 Å². The molecule has 2 amide bonds. The minimum Gasteiger partial charge on any atom is -0.326 e. The van der Waals surface area contributed by atoms with Gasteiger partial charge >= 0.3 is 0 Å². The molecule has 38 heavy (non-hydrogen) atoms. The topological polar surface area (TPSA) is 71.1 Å². The van der Waals surface area contributed by atoms with Crippen molar-refractivity contribution >= 4 is 35.1 Å². The largest absolute Gasteiger partial charge is 0.326 e. The Labute approximate surface area is 229 Å². The van der Waals surface area contributed by atoms with Crippen LogP contribution in [0.1, 0.15) is 71.6 Å². The van der Waals surface area contributed by atoms with Gasteiger partial charge in [-0.05, 0) is 67.1 Å². The maximum Gasteiger partial charge on any atom is 0.264 e. The first-order valence-corrected chi connectivity index (χ1v) is 13.8. The number of rotatable bonds is 9. The molecule has 0 aliphatic rings. The molecule has 3 aromatic rings. The average molecular weight is 544 g/mol. The third kappa shape index (κ3) is 9.89. The van der Waals surface area contributed by atoms with Gasteiger partial charge in [-0.1, -0.05) is 58.9 Å². The van der Waals surface area contributed by atoms with E-state index >= 15 is 0 Å². The number of pyridine rings is 1. The second-order valence-electron chi connectivity index (χ2n) is 8.23. The summed E-state index contributed by atoms with van der Waals surface area (Å²) in [4.78, 5) is 30.4. The molecule has 0 unspecified atom stereocenters. The van der Waals surface area contributed by atoms with Gasteiger partial charge in [0.05, 0.1) is 11.8 Å². The van der Waals surface area contributed by atoms with Crippen molar-refractivity contribution in [1.82, 2.24) is 4.98 Å². The molecule has 0 spiro atoms. The van der Waals surface area contributed by atoms with E-state index in [1.807, 2.05) is 52.0 Å². The van der Waals surface area contributed by atoms with Crippen LogP contribution in [0.4, 0.5) is 20.3 Å². The molecule has 3 rings (SSSR count). The number of amides is 2. The minimum absolute atomic E-state index is 0.0704. The average Bonchev–Trinajstić information content (AvgIpc) is 2.92. The van der Waals surface area contributed by atoms with Crippen LogP contribution in [0.5, 0.6) is 0 Å². The molecule has 8 heteroatoms. The monoisotopic (exact) mass is 543 g/mol. The summed E-state index contributed by atoms with van der Waals surface area (Å²) in [6.07, 6.45) is -1.15. The molecule has 2 N–H and O–H groups in total. The molecule has 0 saturated heterocycles. The molecule has 1 aromatic heterocycles. The SMILES string of the molecule is CC.CC.CCSc1ccc(CC(=O)Nc2ccc(C(C)(C)C(=O)Nc3cc(C(F)F)ccn3)cc2)cc1. The molecule has 0 aliphatic heterocycles. The van der Waals surface area contributed by atoms with Gasteiger partial charge in [0.2, 0.25) is 11.8 Å². The van der Waals surface area contributed by atoms with Gasteiger partial charge in [0.15, 0.2) is 0 Å². The van der Waals surface area contributed by atoms with Gasteiger partial charge in [-0.2, -0.15) is 0 Å². The molecule has 0 saturated carbocycles. The van der Waals surface area contributed by atoms with Crippen LogP contribution in [-0.2, 0) is 21.4 Å². The van der Waals surface area contributed by atoms with Gasteiger partial charge in [-0.15, -0.1) is 11.8 Å². The molecular formula is C30H39F2N3O2S. The Morgan fingerprint density at radius 2 is 1.53 bits per heavy atom. The molecule has 0 aliphatic carbocycles. The number of aromatic nitrogens is 1. The van der Waals surface area contributed by atoms with Crippen molar-refractivity contribution in [2.24, 2.45) is 0 Å². The smallest absolute Gasteiger partial charge is 0.264 e. The van der Waals surface area contributed by atoms with E-state index in [1.165, 1.54) is 17.2 Å². The van der Waals surface area contributed by atoms with Crippen LogP contribution in [0, 0.1) is 0 Å². The van der Waals surface area contributed by atoms with Gasteiger partial charge < -0.3 is 10.6 Å². The predicted octanol–water partition coefficient (Wildman–Crippen LogP) is 8.28. The number of halogens is 2. The van der Waals surface area contributed by atoms with Gasteiger partial charge in [-0.25, -0.2) is 13.8 Å². The van der Waals surface area contributed by atoms with Crippen LogP contribution < -0.4 is 10.6 Å². The van der Waals surface area contributed by atoms with Crippen molar-refractivity contribution in [3.05, 3.63) is 83.6 Å². The zero-order valence-corrected chi connectivity index (χ0v) is 24.1. The van der Waals surface area contributed by atoms with Crippen molar-refractivity contribution in [2.75, 3.05) is 16.4 Å². The number of carbonyl (C=O) groups excluding carboxylic acids is 2. The van der Waals surface area contributed by atoms with Crippen LogP contribution in [0.3, 0.4) is 0 Å². The Bertz CT molecular complexity index is 1130. The van der Waals surface area contributed by atoms with Crippen LogP contribution in [0.15, 0.2) is 71.8 Å². The summed E-state index contributed by atoms with van der Waals surface area (Å²) in [5, 5.41) is 5.48. The van der Waals surface area contributed by atoms with E-state index in [-0.39, 0.29) is 29.6 Å². The number of hydrogen-bond acceptors (Lipinski definition) is 4. The molecule has 206 valence electrons. The van der Waals surface area contributed by atoms with Crippen molar-refractivity contribution in [3.8, 4) is 0 Å². The molecular weight excluding hydrogens is 504 g/mol. The highest BCUT2D eigenvalue weighted by Crippen LogP contribution is 2.27.